The minimum atomic E-state index is -0.847. The summed E-state index contributed by atoms with van der Waals surface area (Å²) in [6.45, 7) is 0. The number of nitrogens with one attached hydrogen (secondary N) is 2. The van der Waals surface area contributed by atoms with E-state index in [1.807, 2.05) is 0 Å². The summed E-state index contributed by atoms with van der Waals surface area (Å²) in [7, 11) is 0. The maximum atomic E-state index is 13.5. The third kappa shape index (κ3) is 2.95. The number of anilines is 3. The second kappa shape index (κ2) is 5.45. The van der Waals surface area contributed by atoms with E-state index in [0.717, 1.165) is 24.3 Å². The molecule has 0 saturated carbocycles. The average molecular weight is 281 g/mol. The molecule has 104 valence electrons. The highest BCUT2D eigenvalue weighted by molar-refractivity contribution is 5.62. The van der Waals surface area contributed by atoms with Crippen molar-refractivity contribution in [2.24, 2.45) is 5.84 Å². The number of rotatable bonds is 4. The van der Waals surface area contributed by atoms with Crippen LogP contribution in [0, 0.1) is 21.7 Å². The molecule has 0 radical (unpaired) electrons. The number of nitro groups is 1. The minimum absolute atomic E-state index is 0.00217. The first-order valence-electron chi connectivity index (χ1n) is 5.35. The average Bonchev–Trinajstić information content (AvgIpc) is 2.41. The first-order valence-corrected chi connectivity index (χ1v) is 5.35. The highest BCUT2D eigenvalue weighted by atomic mass is 19.1. The Morgan fingerprint density at radius 2 is 1.90 bits per heavy atom. The molecule has 0 aliphatic heterocycles. The molecule has 7 nitrogen and oxygen atoms in total. The van der Waals surface area contributed by atoms with Crippen LogP contribution in [0.25, 0.3) is 0 Å². The zero-order valence-corrected chi connectivity index (χ0v) is 9.93. The molecule has 1 aromatic heterocycles. The molecule has 0 unspecified atom stereocenters. The molecule has 0 aliphatic carbocycles. The fraction of sp³-hybridized carbons (Fsp3) is 0. The van der Waals surface area contributed by atoms with Crippen LogP contribution in [0.1, 0.15) is 0 Å². The Kier molecular flexibility index (Phi) is 3.71. The van der Waals surface area contributed by atoms with Crippen LogP contribution in [0.4, 0.5) is 31.8 Å². The summed E-state index contributed by atoms with van der Waals surface area (Å²) in [5, 5.41) is 13.3. The summed E-state index contributed by atoms with van der Waals surface area (Å²) in [6.07, 6.45) is 0. The second-order valence-electron chi connectivity index (χ2n) is 3.75. The Bertz CT molecular complexity index is 665. The van der Waals surface area contributed by atoms with Crippen molar-refractivity contribution >= 4 is 23.0 Å². The number of nitrogen functional groups attached to an aromatic ring is 1. The first-order chi connectivity index (χ1) is 9.49. The summed E-state index contributed by atoms with van der Waals surface area (Å²) in [5.41, 5.74) is 1.82. The lowest BCUT2D eigenvalue weighted by Gasteiger charge is -2.08. The van der Waals surface area contributed by atoms with Crippen LogP contribution < -0.4 is 16.6 Å². The van der Waals surface area contributed by atoms with Crippen LogP contribution in [-0.2, 0) is 0 Å². The van der Waals surface area contributed by atoms with Crippen molar-refractivity contribution in [2.45, 2.75) is 0 Å². The van der Waals surface area contributed by atoms with Gasteiger partial charge in [0.2, 0.25) is 0 Å². The van der Waals surface area contributed by atoms with E-state index in [2.05, 4.69) is 15.7 Å². The number of aromatic nitrogens is 1. The van der Waals surface area contributed by atoms with Gasteiger partial charge in [-0.2, -0.15) is 0 Å². The van der Waals surface area contributed by atoms with E-state index in [1.54, 1.807) is 0 Å². The molecule has 0 aliphatic rings. The lowest BCUT2D eigenvalue weighted by molar-refractivity contribution is -0.384. The van der Waals surface area contributed by atoms with Crippen LogP contribution in [0.5, 0.6) is 0 Å². The van der Waals surface area contributed by atoms with Gasteiger partial charge in [0.15, 0.2) is 0 Å². The fourth-order valence-electron chi connectivity index (χ4n) is 1.49. The molecule has 0 bridgehead atoms. The van der Waals surface area contributed by atoms with Gasteiger partial charge >= 0.3 is 0 Å². The maximum absolute atomic E-state index is 13.5. The van der Waals surface area contributed by atoms with E-state index in [0.29, 0.717) is 6.07 Å². The molecule has 2 rings (SSSR count). The van der Waals surface area contributed by atoms with Crippen molar-refractivity contribution in [1.29, 1.82) is 0 Å². The molecular weight excluding hydrogens is 272 g/mol. The van der Waals surface area contributed by atoms with Crippen LogP contribution in [0.2, 0.25) is 0 Å². The lowest BCUT2D eigenvalue weighted by atomic mass is 10.3. The Labute approximate surface area is 111 Å². The Morgan fingerprint density at radius 3 is 2.50 bits per heavy atom. The molecule has 20 heavy (non-hydrogen) atoms. The molecule has 1 aromatic carbocycles. The van der Waals surface area contributed by atoms with Crippen molar-refractivity contribution < 1.29 is 13.7 Å². The SMILES string of the molecule is NNc1cc([N+](=O)[O-])cc(Nc2ccc(F)cc2F)n1. The standard InChI is InChI=1S/C11H9F2N5O2/c12-6-1-2-9(8(13)3-6)15-10-4-7(18(19)20)5-11(16-10)17-14/h1-5H,14H2,(H2,15,16,17). The number of hydrazine groups is 1. The van der Waals surface area contributed by atoms with Crippen molar-refractivity contribution in [3.8, 4) is 0 Å². The summed E-state index contributed by atoms with van der Waals surface area (Å²) in [5.74, 6) is 3.60. The van der Waals surface area contributed by atoms with Gasteiger partial charge in [-0.05, 0) is 12.1 Å². The van der Waals surface area contributed by atoms with Crippen LogP contribution in [0.3, 0.4) is 0 Å². The molecular formula is C11H9F2N5O2. The molecule has 4 N–H and O–H groups in total. The third-order valence-electron chi connectivity index (χ3n) is 2.36. The van der Waals surface area contributed by atoms with Crippen molar-refractivity contribution in [3.63, 3.8) is 0 Å². The largest absolute Gasteiger partial charge is 0.338 e. The third-order valence-corrected chi connectivity index (χ3v) is 2.36. The number of benzene rings is 1. The molecule has 9 heteroatoms. The zero-order chi connectivity index (χ0) is 14.7. The van der Waals surface area contributed by atoms with Gasteiger partial charge in [-0.15, -0.1) is 0 Å². The molecule has 0 fully saturated rings. The molecule has 0 amide bonds. The molecule has 1 heterocycles. The number of hydrogen-bond donors (Lipinski definition) is 3. The van der Waals surface area contributed by atoms with Crippen LogP contribution in [-0.4, -0.2) is 9.91 Å². The number of pyridine rings is 1. The highest BCUT2D eigenvalue weighted by Gasteiger charge is 2.12. The summed E-state index contributed by atoms with van der Waals surface area (Å²) in [6, 6.07) is 5.10. The molecule has 0 spiro atoms. The van der Waals surface area contributed by atoms with Gasteiger partial charge < -0.3 is 10.7 Å². The van der Waals surface area contributed by atoms with Crippen molar-refractivity contribution in [3.05, 3.63) is 52.1 Å². The topological polar surface area (TPSA) is 106 Å². The predicted molar refractivity (Wildman–Crippen MR) is 68.3 cm³/mol. The van der Waals surface area contributed by atoms with E-state index in [9.17, 15) is 18.9 Å². The first kappa shape index (κ1) is 13.6. The normalized spacial score (nSPS) is 10.2. The van der Waals surface area contributed by atoms with Crippen LogP contribution >= 0.6 is 0 Å². The Morgan fingerprint density at radius 1 is 1.20 bits per heavy atom. The van der Waals surface area contributed by atoms with Gasteiger partial charge in [0.25, 0.3) is 5.69 Å². The summed E-state index contributed by atoms with van der Waals surface area (Å²) < 4.78 is 26.2. The summed E-state index contributed by atoms with van der Waals surface area (Å²) in [4.78, 5) is 14.0. The van der Waals surface area contributed by atoms with E-state index >= 15 is 0 Å². The molecule has 0 saturated heterocycles. The maximum Gasteiger partial charge on any atom is 0.276 e. The van der Waals surface area contributed by atoms with Crippen molar-refractivity contribution in [1.82, 2.24) is 4.98 Å². The number of halogens is 2. The Hall–Kier alpha value is -2.81. The van der Waals surface area contributed by atoms with E-state index in [-0.39, 0.29) is 23.0 Å². The second-order valence-corrected chi connectivity index (χ2v) is 3.75. The van der Waals surface area contributed by atoms with E-state index < -0.39 is 16.6 Å². The predicted octanol–water partition coefficient (Wildman–Crippen LogP) is 2.30. The van der Waals surface area contributed by atoms with Crippen molar-refractivity contribution in [2.75, 3.05) is 10.7 Å². The van der Waals surface area contributed by atoms with E-state index in [1.165, 1.54) is 0 Å². The Balaban J connectivity index is 2.37. The van der Waals surface area contributed by atoms with Gasteiger partial charge in [0, 0.05) is 6.07 Å². The number of hydrogen-bond acceptors (Lipinski definition) is 6. The lowest BCUT2D eigenvalue weighted by Crippen LogP contribution is -2.10. The fourth-order valence-corrected chi connectivity index (χ4v) is 1.49. The minimum Gasteiger partial charge on any atom is -0.338 e. The highest BCUT2D eigenvalue weighted by Crippen LogP contribution is 2.24. The van der Waals surface area contributed by atoms with Gasteiger partial charge in [0.05, 0.1) is 22.7 Å². The number of nitrogens with zero attached hydrogens (tertiary/aromatic N) is 2. The van der Waals surface area contributed by atoms with Crippen LogP contribution in [0.15, 0.2) is 30.3 Å². The van der Waals surface area contributed by atoms with Gasteiger partial charge in [-0.1, -0.05) is 0 Å². The van der Waals surface area contributed by atoms with Gasteiger partial charge in [0.1, 0.15) is 23.3 Å². The van der Waals surface area contributed by atoms with E-state index in [4.69, 9.17) is 5.84 Å². The molecule has 2 aromatic rings. The van der Waals surface area contributed by atoms with Gasteiger partial charge in [-0.3, -0.25) is 10.1 Å². The molecule has 0 atom stereocenters. The monoisotopic (exact) mass is 281 g/mol. The quantitative estimate of drug-likeness (QED) is 0.451. The van der Waals surface area contributed by atoms with Gasteiger partial charge in [-0.25, -0.2) is 19.6 Å². The zero-order valence-electron chi connectivity index (χ0n) is 9.93. The number of nitrogens with two attached hydrogens (primary N) is 1. The smallest absolute Gasteiger partial charge is 0.276 e. The summed E-state index contributed by atoms with van der Waals surface area (Å²) >= 11 is 0.